The summed E-state index contributed by atoms with van der Waals surface area (Å²) in [6, 6.07) is 11.1. The molecule has 108 valence electrons. The number of amides is 1. The topological polar surface area (TPSA) is 41.1 Å². The zero-order valence-electron chi connectivity index (χ0n) is 12.1. The van der Waals surface area contributed by atoms with E-state index >= 15 is 0 Å². The van der Waals surface area contributed by atoms with Gasteiger partial charge in [0.25, 0.3) is 0 Å². The molecule has 0 bridgehead atoms. The molecule has 1 saturated carbocycles. The summed E-state index contributed by atoms with van der Waals surface area (Å²) in [4.78, 5) is 12.5. The standard InChI is InChI=1S/C17H24N2O/c1-12-11-15(9-10-18-12)17(20)19-16(14-7-8-14)13-5-3-2-4-6-13/h2-6,12,14-16,18H,7-11H2,1H3,(H,19,20). The van der Waals surface area contributed by atoms with E-state index in [9.17, 15) is 4.79 Å². The Hall–Kier alpha value is -1.35. The molecule has 1 heterocycles. The van der Waals surface area contributed by atoms with Crippen LogP contribution in [0.4, 0.5) is 0 Å². The lowest BCUT2D eigenvalue weighted by molar-refractivity contribution is -0.127. The van der Waals surface area contributed by atoms with Crippen molar-refractivity contribution in [2.75, 3.05) is 6.54 Å². The molecule has 1 aliphatic heterocycles. The summed E-state index contributed by atoms with van der Waals surface area (Å²) in [6.45, 7) is 3.12. The molecule has 1 aromatic rings. The summed E-state index contributed by atoms with van der Waals surface area (Å²) in [5.74, 6) is 1.07. The van der Waals surface area contributed by atoms with Gasteiger partial charge in [0.15, 0.2) is 0 Å². The summed E-state index contributed by atoms with van der Waals surface area (Å²) in [7, 11) is 0. The second-order valence-electron chi connectivity index (χ2n) is 6.31. The summed E-state index contributed by atoms with van der Waals surface area (Å²) in [5.41, 5.74) is 1.25. The first-order chi connectivity index (χ1) is 9.74. The van der Waals surface area contributed by atoms with Crippen LogP contribution in [-0.4, -0.2) is 18.5 Å². The highest BCUT2D eigenvalue weighted by atomic mass is 16.2. The highest BCUT2D eigenvalue weighted by Crippen LogP contribution is 2.41. The van der Waals surface area contributed by atoms with Gasteiger partial charge in [0, 0.05) is 12.0 Å². The molecule has 0 aromatic heterocycles. The van der Waals surface area contributed by atoms with E-state index in [1.807, 2.05) is 6.07 Å². The second-order valence-corrected chi connectivity index (χ2v) is 6.31. The third-order valence-corrected chi connectivity index (χ3v) is 4.54. The molecule has 2 fully saturated rings. The van der Waals surface area contributed by atoms with Crippen LogP contribution in [0, 0.1) is 11.8 Å². The van der Waals surface area contributed by atoms with Crippen LogP contribution in [0.25, 0.3) is 0 Å². The van der Waals surface area contributed by atoms with Crippen LogP contribution in [0.5, 0.6) is 0 Å². The molecule has 1 aliphatic carbocycles. The van der Waals surface area contributed by atoms with Crippen LogP contribution in [0.1, 0.15) is 44.2 Å². The Morgan fingerprint density at radius 2 is 2.00 bits per heavy atom. The average Bonchev–Trinajstić information content (AvgIpc) is 3.30. The molecule has 3 atom stereocenters. The molecule has 0 spiro atoms. The molecule has 2 aliphatic rings. The molecule has 20 heavy (non-hydrogen) atoms. The first kappa shape index (κ1) is 13.6. The molecule has 1 aromatic carbocycles. The number of rotatable bonds is 4. The van der Waals surface area contributed by atoms with Crippen molar-refractivity contribution >= 4 is 5.91 Å². The summed E-state index contributed by atoms with van der Waals surface area (Å²) in [5, 5.41) is 6.73. The molecule has 1 saturated heterocycles. The van der Waals surface area contributed by atoms with Crippen molar-refractivity contribution in [3.8, 4) is 0 Å². The predicted molar refractivity (Wildman–Crippen MR) is 80.2 cm³/mol. The highest BCUT2D eigenvalue weighted by molar-refractivity contribution is 5.79. The van der Waals surface area contributed by atoms with Crippen molar-refractivity contribution in [1.29, 1.82) is 0 Å². The maximum absolute atomic E-state index is 12.5. The molecule has 1 amide bonds. The number of carbonyl (C=O) groups excluding carboxylic acids is 1. The summed E-state index contributed by atoms with van der Waals surface area (Å²) in [6.07, 6.45) is 4.39. The Morgan fingerprint density at radius 1 is 1.25 bits per heavy atom. The van der Waals surface area contributed by atoms with Gasteiger partial charge in [0.1, 0.15) is 0 Å². The highest BCUT2D eigenvalue weighted by Gasteiger charge is 2.35. The third-order valence-electron chi connectivity index (χ3n) is 4.54. The zero-order valence-corrected chi connectivity index (χ0v) is 12.1. The largest absolute Gasteiger partial charge is 0.349 e. The first-order valence-corrected chi connectivity index (χ1v) is 7.82. The van der Waals surface area contributed by atoms with Crippen LogP contribution in [0.2, 0.25) is 0 Å². The van der Waals surface area contributed by atoms with Gasteiger partial charge < -0.3 is 10.6 Å². The Kier molecular flexibility index (Phi) is 4.06. The molecular formula is C17H24N2O. The van der Waals surface area contributed by atoms with Gasteiger partial charge in [-0.2, -0.15) is 0 Å². The van der Waals surface area contributed by atoms with E-state index < -0.39 is 0 Å². The SMILES string of the molecule is CC1CC(C(=O)NC(c2ccccc2)C2CC2)CCN1. The zero-order chi connectivity index (χ0) is 13.9. The van der Waals surface area contributed by atoms with Crippen molar-refractivity contribution in [2.45, 2.75) is 44.7 Å². The summed E-state index contributed by atoms with van der Waals surface area (Å²) < 4.78 is 0. The molecular weight excluding hydrogens is 248 g/mol. The Morgan fingerprint density at radius 3 is 2.65 bits per heavy atom. The van der Waals surface area contributed by atoms with Crippen LogP contribution >= 0.6 is 0 Å². The number of hydrogen-bond donors (Lipinski definition) is 2. The lowest BCUT2D eigenvalue weighted by Gasteiger charge is -2.29. The molecule has 0 radical (unpaired) electrons. The van der Waals surface area contributed by atoms with Crippen LogP contribution in [0.15, 0.2) is 30.3 Å². The maximum atomic E-state index is 12.5. The van der Waals surface area contributed by atoms with Crippen molar-refractivity contribution in [2.24, 2.45) is 11.8 Å². The van der Waals surface area contributed by atoms with Crippen molar-refractivity contribution in [1.82, 2.24) is 10.6 Å². The molecule has 3 heteroatoms. The Bertz CT molecular complexity index is 455. The van der Waals surface area contributed by atoms with Gasteiger partial charge in [-0.1, -0.05) is 30.3 Å². The first-order valence-electron chi connectivity index (χ1n) is 7.82. The maximum Gasteiger partial charge on any atom is 0.223 e. The average molecular weight is 272 g/mol. The monoisotopic (exact) mass is 272 g/mol. The van der Waals surface area contributed by atoms with Crippen LogP contribution in [-0.2, 0) is 4.79 Å². The van der Waals surface area contributed by atoms with E-state index in [1.54, 1.807) is 0 Å². The van der Waals surface area contributed by atoms with Gasteiger partial charge in [-0.3, -0.25) is 4.79 Å². The normalized spacial score (nSPS) is 27.9. The molecule has 3 rings (SSSR count). The fourth-order valence-corrected chi connectivity index (χ4v) is 3.20. The number of piperidine rings is 1. The van der Waals surface area contributed by atoms with Gasteiger partial charge >= 0.3 is 0 Å². The van der Waals surface area contributed by atoms with E-state index in [-0.39, 0.29) is 17.9 Å². The quantitative estimate of drug-likeness (QED) is 0.884. The fourth-order valence-electron chi connectivity index (χ4n) is 3.20. The lowest BCUT2D eigenvalue weighted by Crippen LogP contribution is -2.43. The Balaban J connectivity index is 1.66. The summed E-state index contributed by atoms with van der Waals surface area (Å²) >= 11 is 0. The fraction of sp³-hybridized carbons (Fsp3) is 0.588. The van der Waals surface area contributed by atoms with Crippen LogP contribution < -0.4 is 10.6 Å². The molecule has 3 unspecified atom stereocenters. The van der Waals surface area contributed by atoms with Gasteiger partial charge in [0.2, 0.25) is 5.91 Å². The van der Waals surface area contributed by atoms with E-state index in [0.29, 0.717) is 12.0 Å². The van der Waals surface area contributed by atoms with Gasteiger partial charge in [-0.05, 0) is 50.6 Å². The van der Waals surface area contributed by atoms with E-state index in [2.05, 4.69) is 41.8 Å². The molecule has 3 nitrogen and oxygen atoms in total. The van der Waals surface area contributed by atoms with E-state index in [0.717, 1.165) is 19.4 Å². The molecule has 2 N–H and O–H groups in total. The third kappa shape index (κ3) is 3.21. The van der Waals surface area contributed by atoms with Gasteiger partial charge in [-0.15, -0.1) is 0 Å². The minimum Gasteiger partial charge on any atom is -0.349 e. The van der Waals surface area contributed by atoms with Gasteiger partial charge in [-0.25, -0.2) is 0 Å². The van der Waals surface area contributed by atoms with E-state index in [1.165, 1.54) is 18.4 Å². The number of hydrogen-bond acceptors (Lipinski definition) is 2. The second kappa shape index (κ2) is 5.96. The van der Waals surface area contributed by atoms with E-state index in [4.69, 9.17) is 0 Å². The number of benzene rings is 1. The minimum absolute atomic E-state index is 0.177. The number of nitrogens with one attached hydrogen (secondary N) is 2. The van der Waals surface area contributed by atoms with Crippen molar-refractivity contribution in [3.05, 3.63) is 35.9 Å². The van der Waals surface area contributed by atoms with Crippen molar-refractivity contribution in [3.63, 3.8) is 0 Å². The van der Waals surface area contributed by atoms with Gasteiger partial charge in [0.05, 0.1) is 6.04 Å². The lowest BCUT2D eigenvalue weighted by atomic mass is 9.91. The van der Waals surface area contributed by atoms with Crippen molar-refractivity contribution < 1.29 is 4.79 Å². The minimum atomic E-state index is 0.177. The Labute approximate surface area is 121 Å². The predicted octanol–water partition coefficient (Wildman–Crippen LogP) is 2.64. The smallest absolute Gasteiger partial charge is 0.223 e. The number of carbonyl (C=O) groups is 1. The van der Waals surface area contributed by atoms with Crippen LogP contribution in [0.3, 0.4) is 0 Å².